The summed E-state index contributed by atoms with van der Waals surface area (Å²) in [5, 5.41) is 2.59. The SMILES string of the molecule is O=C(Nc1ccnc(Cl)n1)C1CCC(F)(F)CC1. The summed E-state index contributed by atoms with van der Waals surface area (Å²) in [7, 11) is 0. The number of rotatable bonds is 2. The molecule has 4 nitrogen and oxygen atoms in total. The predicted molar refractivity (Wildman–Crippen MR) is 62.6 cm³/mol. The first kappa shape index (κ1) is 13.1. The van der Waals surface area contributed by atoms with Crippen molar-refractivity contribution in [1.29, 1.82) is 0 Å². The zero-order valence-electron chi connectivity index (χ0n) is 9.50. The molecule has 0 atom stereocenters. The molecule has 1 aromatic heterocycles. The molecule has 0 saturated heterocycles. The Bertz CT molecular complexity index is 446. The fraction of sp³-hybridized carbons (Fsp3) is 0.545. The van der Waals surface area contributed by atoms with Crippen molar-refractivity contribution in [3.8, 4) is 0 Å². The zero-order valence-corrected chi connectivity index (χ0v) is 10.3. The maximum atomic E-state index is 13.0. The third-order valence-electron chi connectivity index (χ3n) is 2.97. The van der Waals surface area contributed by atoms with Gasteiger partial charge in [0.2, 0.25) is 17.1 Å². The predicted octanol–water partition coefficient (Wildman–Crippen LogP) is 2.89. The van der Waals surface area contributed by atoms with E-state index < -0.39 is 11.8 Å². The van der Waals surface area contributed by atoms with E-state index in [-0.39, 0.29) is 42.7 Å². The minimum Gasteiger partial charge on any atom is -0.310 e. The number of aromatic nitrogens is 2. The van der Waals surface area contributed by atoms with Gasteiger partial charge in [0.1, 0.15) is 5.82 Å². The molecule has 7 heteroatoms. The van der Waals surface area contributed by atoms with Crippen molar-refractivity contribution >= 4 is 23.3 Å². The molecule has 1 N–H and O–H groups in total. The Labute approximate surface area is 108 Å². The van der Waals surface area contributed by atoms with Crippen LogP contribution in [0.2, 0.25) is 5.28 Å². The first-order valence-electron chi connectivity index (χ1n) is 5.63. The van der Waals surface area contributed by atoms with Gasteiger partial charge in [-0.25, -0.2) is 18.7 Å². The highest BCUT2D eigenvalue weighted by Gasteiger charge is 2.37. The summed E-state index contributed by atoms with van der Waals surface area (Å²) in [6, 6.07) is 1.50. The largest absolute Gasteiger partial charge is 0.310 e. The molecule has 2 rings (SSSR count). The first-order chi connectivity index (χ1) is 8.46. The van der Waals surface area contributed by atoms with E-state index in [0.29, 0.717) is 0 Å². The Kier molecular flexibility index (Phi) is 3.75. The van der Waals surface area contributed by atoms with Crippen molar-refractivity contribution in [3.63, 3.8) is 0 Å². The number of alkyl halides is 2. The Balaban J connectivity index is 1.93. The number of nitrogens with zero attached hydrogens (tertiary/aromatic N) is 2. The maximum absolute atomic E-state index is 13.0. The lowest BCUT2D eigenvalue weighted by Gasteiger charge is -2.27. The highest BCUT2D eigenvalue weighted by molar-refractivity contribution is 6.28. The molecule has 0 aromatic carbocycles. The number of hydrogen-bond donors (Lipinski definition) is 1. The Morgan fingerprint density at radius 3 is 2.72 bits per heavy atom. The molecular weight excluding hydrogens is 264 g/mol. The monoisotopic (exact) mass is 275 g/mol. The van der Waals surface area contributed by atoms with Crippen LogP contribution in [0.5, 0.6) is 0 Å². The molecule has 1 heterocycles. The number of carbonyl (C=O) groups is 1. The summed E-state index contributed by atoms with van der Waals surface area (Å²) >= 11 is 5.58. The van der Waals surface area contributed by atoms with Crippen LogP contribution in [0.25, 0.3) is 0 Å². The smallest absolute Gasteiger partial charge is 0.248 e. The first-order valence-corrected chi connectivity index (χ1v) is 6.01. The van der Waals surface area contributed by atoms with Crippen molar-refractivity contribution < 1.29 is 13.6 Å². The maximum Gasteiger partial charge on any atom is 0.248 e. The number of anilines is 1. The number of halogens is 3. The topological polar surface area (TPSA) is 54.9 Å². The van der Waals surface area contributed by atoms with Crippen LogP contribution in [-0.4, -0.2) is 21.8 Å². The molecule has 1 aliphatic rings. The van der Waals surface area contributed by atoms with Gasteiger partial charge in [0.25, 0.3) is 0 Å². The van der Waals surface area contributed by atoms with Gasteiger partial charge in [-0.05, 0) is 30.5 Å². The third kappa shape index (κ3) is 3.35. The quantitative estimate of drug-likeness (QED) is 0.845. The Morgan fingerprint density at radius 1 is 1.44 bits per heavy atom. The lowest BCUT2D eigenvalue weighted by Crippen LogP contribution is -2.32. The van der Waals surface area contributed by atoms with Gasteiger partial charge < -0.3 is 5.32 Å². The lowest BCUT2D eigenvalue weighted by molar-refractivity contribution is -0.124. The van der Waals surface area contributed by atoms with Crippen molar-refractivity contribution in [2.75, 3.05) is 5.32 Å². The molecule has 0 unspecified atom stereocenters. The second-order valence-electron chi connectivity index (χ2n) is 4.33. The number of nitrogens with one attached hydrogen (secondary N) is 1. The van der Waals surface area contributed by atoms with Crippen LogP contribution < -0.4 is 5.32 Å². The second-order valence-corrected chi connectivity index (χ2v) is 4.67. The molecule has 0 aliphatic heterocycles. The summed E-state index contributed by atoms with van der Waals surface area (Å²) in [6.45, 7) is 0. The van der Waals surface area contributed by atoms with E-state index in [0.717, 1.165) is 0 Å². The molecular formula is C11H12ClF2N3O. The third-order valence-corrected chi connectivity index (χ3v) is 3.15. The lowest BCUT2D eigenvalue weighted by atomic mass is 9.86. The number of amides is 1. The van der Waals surface area contributed by atoms with Crippen molar-refractivity contribution in [2.45, 2.75) is 31.6 Å². The van der Waals surface area contributed by atoms with Gasteiger partial charge in [-0.3, -0.25) is 4.79 Å². The van der Waals surface area contributed by atoms with Gasteiger partial charge in [0, 0.05) is 25.0 Å². The average molecular weight is 276 g/mol. The van der Waals surface area contributed by atoms with Crippen LogP contribution in [0.3, 0.4) is 0 Å². The fourth-order valence-corrected chi connectivity index (χ4v) is 2.08. The average Bonchev–Trinajstić information content (AvgIpc) is 2.28. The van der Waals surface area contributed by atoms with Gasteiger partial charge in [0.15, 0.2) is 0 Å². The van der Waals surface area contributed by atoms with Crippen LogP contribution in [0.15, 0.2) is 12.3 Å². The molecule has 1 aromatic rings. The molecule has 18 heavy (non-hydrogen) atoms. The molecule has 98 valence electrons. The Hall–Kier alpha value is -1.30. The molecule has 0 spiro atoms. The van der Waals surface area contributed by atoms with Gasteiger partial charge in [-0.15, -0.1) is 0 Å². The summed E-state index contributed by atoms with van der Waals surface area (Å²) in [6.07, 6.45) is 1.32. The number of carbonyl (C=O) groups excluding carboxylic acids is 1. The number of hydrogen-bond acceptors (Lipinski definition) is 3. The minimum atomic E-state index is -2.63. The van der Waals surface area contributed by atoms with Crippen molar-refractivity contribution in [2.24, 2.45) is 5.92 Å². The molecule has 1 aliphatic carbocycles. The molecule has 1 fully saturated rings. The van der Waals surface area contributed by atoms with E-state index in [1.165, 1.54) is 12.3 Å². The summed E-state index contributed by atoms with van der Waals surface area (Å²) in [4.78, 5) is 19.3. The Morgan fingerprint density at radius 2 is 2.11 bits per heavy atom. The highest BCUT2D eigenvalue weighted by Crippen LogP contribution is 2.36. The molecule has 0 radical (unpaired) electrons. The summed E-state index contributed by atoms with van der Waals surface area (Å²) < 4.78 is 25.9. The zero-order chi connectivity index (χ0) is 13.2. The second kappa shape index (κ2) is 5.14. The fourth-order valence-electron chi connectivity index (χ4n) is 1.94. The standard InChI is InChI=1S/C11H12ClF2N3O/c12-10-15-6-3-8(17-10)16-9(18)7-1-4-11(13,14)5-2-7/h3,6-7H,1-2,4-5H2,(H,15,16,17,18). The van der Waals surface area contributed by atoms with E-state index in [4.69, 9.17) is 11.6 Å². The van der Waals surface area contributed by atoms with Gasteiger partial charge in [-0.2, -0.15) is 0 Å². The van der Waals surface area contributed by atoms with Crippen LogP contribution in [-0.2, 0) is 4.79 Å². The minimum absolute atomic E-state index is 0.0305. The molecule has 1 saturated carbocycles. The van der Waals surface area contributed by atoms with Crippen LogP contribution in [0, 0.1) is 5.92 Å². The summed E-state index contributed by atoms with van der Waals surface area (Å²) in [5.41, 5.74) is 0. The van der Waals surface area contributed by atoms with Crippen molar-refractivity contribution in [3.05, 3.63) is 17.5 Å². The van der Waals surface area contributed by atoms with E-state index >= 15 is 0 Å². The van der Waals surface area contributed by atoms with E-state index in [2.05, 4.69) is 15.3 Å². The highest BCUT2D eigenvalue weighted by atomic mass is 35.5. The van der Waals surface area contributed by atoms with Gasteiger partial charge >= 0.3 is 0 Å². The van der Waals surface area contributed by atoms with Gasteiger partial charge in [0.05, 0.1) is 0 Å². The molecule has 1 amide bonds. The van der Waals surface area contributed by atoms with Crippen molar-refractivity contribution in [1.82, 2.24) is 9.97 Å². The molecule has 0 bridgehead atoms. The van der Waals surface area contributed by atoms with Crippen LogP contribution >= 0.6 is 11.6 Å². The van der Waals surface area contributed by atoms with Crippen LogP contribution in [0.1, 0.15) is 25.7 Å². The van der Waals surface area contributed by atoms with Gasteiger partial charge in [-0.1, -0.05) is 0 Å². The van der Waals surface area contributed by atoms with E-state index in [1.54, 1.807) is 0 Å². The normalized spacial score (nSPS) is 19.5. The van der Waals surface area contributed by atoms with Crippen LogP contribution in [0.4, 0.5) is 14.6 Å². The van der Waals surface area contributed by atoms with E-state index in [1.807, 2.05) is 0 Å². The summed E-state index contributed by atoms with van der Waals surface area (Å²) in [5.74, 6) is -3.02. The van der Waals surface area contributed by atoms with E-state index in [9.17, 15) is 13.6 Å².